The summed E-state index contributed by atoms with van der Waals surface area (Å²) in [6.07, 6.45) is 0.111. The van der Waals surface area contributed by atoms with Crippen LogP contribution in [-0.4, -0.2) is 24.4 Å². The zero-order valence-electron chi connectivity index (χ0n) is 8.50. The maximum atomic E-state index is 9.30. The highest BCUT2D eigenvalue weighted by Crippen LogP contribution is 2.39. The lowest BCUT2D eigenvalue weighted by atomic mass is 10.1. The van der Waals surface area contributed by atoms with Crippen molar-refractivity contribution in [1.82, 2.24) is 0 Å². The van der Waals surface area contributed by atoms with E-state index >= 15 is 0 Å². The molecule has 1 aromatic rings. The van der Waals surface area contributed by atoms with E-state index in [2.05, 4.69) is 0 Å². The molecule has 0 fully saturated rings. The van der Waals surface area contributed by atoms with E-state index in [0.717, 1.165) is 5.56 Å². The van der Waals surface area contributed by atoms with E-state index in [0.29, 0.717) is 36.2 Å². The van der Waals surface area contributed by atoms with Gasteiger partial charge in [0.1, 0.15) is 13.2 Å². The van der Waals surface area contributed by atoms with Crippen LogP contribution in [0.4, 0.5) is 0 Å². The first-order valence-electron chi connectivity index (χ1n) is 4.93. The van der Waals surface area contributed by atoms with Crippen LogP contribution in [0.2, 0.25) is 5.02 Å². The minimum atomic E-state index is -0.412. The number of aliphatic hydroxyl groups excluding tert-OH is 1. The van der Waals surface area contributed by atoms with Crippen LogP contribution in [0.1, 0.15) is 12.5 Å². The second kappa shape index (κ2) is 4.29. The van der Waals surface area contributed by atoms with Gasteiger partial charge in [0.25, 0.3) is 0 Å². The van der Waals surface area contributed by atoms with Crippen LogP contribution in [0.3, 0.4) is 0 Å². The highest BCUT2D eigenvalue weighted by atomic mass is 35.5. The van der Waals surface area contributed by atoms with E-state index in [1.807, 2.05) is 12.1 Å². The molecule has 0 saturated heterocycles. The molecule has 0 spiro atoms. The van der Waals surface area contributed by atoms with Crippen molar-refractivity contribution in [3.63, 3.8) is 0 Å². The first-order valence-corrected chi connectivity index (χ1v) is 5.31. The molecular weight excluding hydrogens is 216 g/mol. The molecular formula is C11H13ClO3. The molecule has 1 atom stereocenters. The van der Waals surface area contributed by atoms with Crippen molar-refractivity contribution < 1.29 is 14.6 Å². The Morgan fingerprint density at radius 2 is 2.13 bits per heavy atom. The van der Waals surface area contributed by atoms with Gasteiger partial charge in [0.2, 0.25) is 0 Å². The lowest BCUT2D eigenvalue weighted by Crippen LogP contribution is -2.16. The molecule has 82 valence electrons. The number of fused-ring (bicyclic) bond motifs is 1. The summed E-state index contributed by atoms with van der Waals surface area (Å²) in [7, 11) is 0. The van der Waals surface area contributed by atoms with Gasteiger partial charge in [0, 0.05) is 0 Å². The Morgan fingerprint density at radius 3 is 2.87 bits per heavy atom. The summed E-state index contributed by atoms with van der Waals surface area (Å²) < 4.78 is 10.8. The molecule has 1 aliphatic heterocycles. The summed E-state index contributed by atoms with van der Waals surface area (Å²) in [5.74, 6) is 1.28. The van der Waals surface area contributed by atoms with Crippen LogP contribution >= 0.6 is 11.6 Å². The van der Waals surface area contributed by atoms with E-state index in [-0.39, 0.29) is 0 Å². The van der Waals surface area contributed by atoms with Gasteiger partial charge in [-0.2, -0.15) is 0 Å². The number of benzene rings is 1. The first kappa shape index (κ1) is 10.6. The van der Waals surface area contributed by atoms with Crippen molar-refractivity contribution in [3.05, 3.63) is 22.7 Å². The van der Waals surface area contributed by atoms with Gasteiger partial charge >= 0.3 is 0 Å². The zero-order chi connectivity index (χ0) is 10.8. The van der Waals surface area contributed by atoms with E-state index in [4.69, 9.17) is 21.1 Å². The Morgan fingerprint density at radius 1 is 1.40 bits per heavy atom. The molecule has 15 heavy (non-hydrogen) atoms. The van der Waals surface area contributed by atoms with Gasteiger partial charge in [-0.1, -0.05) is 17.7 Å². The van der Waals surface area contributed by atoms with Gasteiger partial charge in [-0.3, -0.25) is 0 Å². The monoisotopic (exact) mass is 228 g/mol. The number of halogens is 1. The summed E-state index contributed by atoms with van der Waals surface area (Å²) in [5, 5.41) is 9.85. The highest BCUT2D eigenvalue weighted by molar-refractivity contribution is 6.33. The Labute approximate surface area is 93.6 Å². The number of aliphatic hydroxyl groups is 1. The Bertz CT molecular complexity index is 363. The van der Waals surface area contributed by atoms with Crippen molar-refractivity contribution in [1.29, 1.82) is 0 Å². The maximum Gasteiger partial charge on any atom is 0.180 e. The van der Waals surface area contributed by atoms with Crippen LogP contribution < -0.4 is 9.47 Å². The topological polar surface area (TPSA) is 38.7 Å². The lowest BCUT2D eigenvalue weighted by Gasteiger charge is -2.21. The highest BCUT2D eigenvalue weighted by Gasteiger charge is 2.18. The minimum Gasteiger partial charge on any atom is -0.486 e. The molecule has 4 heteroatoms. The zero-order valence-corrected chi connectivity index (χ0v) is 9.25. The summed E-state index contributed by atoms with van der Waals surface area (Å²) in [6.45, 7) is 2.80. The predicted molar refractivity (Wildman–Crippen MR) is 57.8 cm³/mol. The van der Waals surface area contributed by atoms with Gasteiger partial charge in [0.15, 0.2) is 11.5 Å². The number of hydrogen-bond acceptors (Lipinski definition) is 3. The molecule has 0 aromatic heterocycles. The van der Waals surface area contributed by atoms with Gasteiger partial charge in [-0.05, 0) is 25.0 Å². The molecule has 1 heterocycles. The van der Waals surface area contributed by atoms with E-state index in [1.165, 1.54) is 0 Å². The van der Waals surface area contributed by atoms with Crippen LogP contribution in [0, 0.1) is 0 Å². The first-order chi connectivity index (χ1) is 7.18. The number of rotatable bonds is 2. The molecule has 0 aliphatic carbocycles. The van der Waals surface area contributed by atoms with E-state index in [9.17, 15) is 5.11 Å². The summed E-state index contributed by atoms with van der Waals surface area (Å²) in [5.41, 5.74) is 0.885. The molecule has 0 radical (unpaired) electrons. The minimum absolute atomic E-state index is 0.412. The largest absolute Gasteiger partial charge is 0.486 e. The quantitative estimate of drug-likeness (QED) is 0.842. The van der Waals surface area contributed by atoms with Crippen molar-refractivity contribution in [3.8, 4) is 11.5 Å². The van der Waals surface area contributed by atoms with Gasteiger partial charge in [-0.15, -0.1) is 0 Å². The van der Waals surface area contributed by atoms with E-state index < -0.39 is 6.10 Å². The average molecular weight is 229 g/mol. The third-order valence-electron chi connectivity index (χ3n) is 2.24. The van der Waals surface area contributed by atoms with Crippen molar-refractivity contribution in [2.75, 3.05) is 13.2 Å². The van der Waals surface area contributed by atoms with Gasteiger partial charge in [0.05, 0.1) is 11.1 Å². The molecule has 1 N–H and O–H groups in total. The Balaban J connectivity index is 2.34. The summed E-state index contributed by atoms with van der Waals surface area (Å²) >= 11 is 6.15. The third kappa shape index (κ3) is 2.19. The summed E-state index contributed by atoms with van der Waals surface area (Å²) in [4.78, 5) is 0. The predicted octanol–water partition coefficient (Wildman–Crippen LogP) is 2.03. The molecule has 3 nitrogen and oxygen atoms in total. The SMILES string of the molecule is CC(O)Cc1ccc2c(c1Cl)OCCO2. The molecule has 1 aliphatic rings. The maximum absolute atomic E-state index is 9.30. The standard InChI is InChI=1S/C11H13ClO3/c1-7(13)6-8-2-3-9-11(10(8)12)15-5-4-14-9/h2-3,7,13H,4-6H2,1H3. The lowest BCUT2D eigenvalue weighted by molar-refractivity contribution is 0.170. The van der Waals surface area contributed by atoms with Gasteiger partial charge < -0.3 is 14.6 Å². The normalized spacial score (nSPS) is 16.2. The van der Waals surface area contributed by atoms with E-state index in [1.54, 1.807) is 6.92 Å². The Kier molecular flexibility index (Phi) is 3.03. The number of hydrogen-bond donors (Lipinski definition) is 1. The Hall–Kier alpha value is -0.930. The molecule has 0 saturated carbocycles. The second-order valence-electron chi connectivity index (χ2n) is 3.62. The second-order valence-corrected chi connectivity index (χ2v) is 3.99. The van der Waals surface area contributed by atoms with Crippen LogP contribution in [0.25, 0.3) is 0 Å². The summed E-state index contributed by atoms with van der Waals surface area (Å²) in [6, 6.07) is 3.70. The number of ether oxygens (including phenoxy) is 2. The smallest absolute Gasteiger partial charge is 0.180 e. The fourth-order valence-corrected chi connectivity index (χ4v) is 1.89. The van der Waals surface area contributed by atoms with Crippen molar-refractivity contribution in [2.45, 2.75) is 19.4 Å². The fraction of sp³-hybridized carbons (Fsp3) is 0.455. The molecule has 1 unspecified atom stereocenters. The van der Waals surface area contributed by atoms with Crippen LogP contribution in [-0.2, 0) is 6.42 Å². The average Bonchev–Trinajstić information content (AvgIpc) is 2.22. The van der Waals surface area contributed by atoms with Crippen LogP contribution in [0.15, 0.2) is 12.1 Å². The fourth-order valence-electron chi connectivity index (χ4n) is 1.60. The molecule has 2 rings (SSSR count). The van der Waals surface area contributed by atoms with Gasteiger partial charge in [-0.25, -0.2) is 0 Å². The molecule has 0 bridgehead atoms. The van der Waals surface area contributed by atoms with Crippen LogP contribution in [0.5, 0.6) is 11.5 Å². The van der Waals surface area contributed by atoms with Crippen molar-refractivity contribution in [2.24, 2.45) is 0 Å². The third-order valence-corrected chi connectivity index (χ3v) is 2.66. The molecule has 1 aromatic carbocycles. The molecule has 0 amide bonds. The van der Waals surface area contributed by atoms with Crippen molar-refractivity contribution >= 4 is 11.6 Å².